The summed E-state index contributed by atoms with van der Waals surface area (Å²) in [6.07, 6.45) is 1.26. The average Bonchev–Trinajstić information content (AvgIpc) is 3.04. The summed E-state index contributed by atoms with van der Waals surface area (Å²) in [5.41, 5.74) is 0.994. The topological polar surface area (TPSA) is 45.4 Å². The van der Waals surface area contributed by atoms with Crippen LogP contribution in [-0.4, -0.2) is 47.8 Å². The van der Waals surface area contributed by atoms with Gasteiger partial charge in [0, 0.05) is 31.7 Å². The van der Waals surface area contributed by atoms with Crippen LogP contribution in [-0.2, 0) is 0 Å². The first-order valence-corrected chi connectivity index (χ1v) is 8.09. The molecule has 0 aliphatic carbocycles. The highest BCUT2D eigenvalue weighted by Crippen LogP contribution is 2.20. The zero-order valence-electron chi connectivity index (χ0n) is 13.4. The maximum atomic E-state index is 5.44. The van der Waals surface area contributed by atoms with Gasteiger partial charge < -0.3 is 9.42 Å². The molecule has 5 heteroatoms. The minimum Gasteiger partial charge on any atom is -0.322 e. The third-order valence-corrected chi connectivity index (χ3v) is 4.11. The molecule has 1 aromatic carbocycles. The van der Waals surface area contributed by atoms with Crippen molar-refractivity contribution in [3.63, 3.8) is 0 Å². The molecule has 3 rings (SSSR count). The lowest BCUT2D eigenvalue weighted by molar-refractivity contribution is 0.237. The van der Waals surface area contributed by atoms with Gasteiger partial charge in [-0.25, -0.2) is 0 Å². The standard InChI is InChI=1S/C17H24N4O/c1-14(2)8-9-20-10-12-21(13-11-20)17-18-16(19-22-17)15-6-4-3-5-7-15/h3-7,14H,8-13H2,1-2H3. The van der Waals surface area contributed by atoms with E-state index in [9.17, 15) is 0 Å². The molecular weight excluding hydrogens is 276 g/mol. The largest absolute Gasteiger partial charge is 0.324 e. The lowest BCUT2D eigenvalue weighted by Gasteiger charge is -2.33. The lowest BCUT2D eigenvalue weighted by atomic mass is 10.1. The molecule has 22 heavy (non-hydrogen) atoms. The van der Waals surface area contributed by atoms with E-state index < -0.39 is 0 Å². The minimum absolute atomic E-state index is 0.641. The van der Waals surface area contributed by atoms with Gasteiger partial charge in [-0.2, -0.15) is 4.98 Å². The van der Waals surface area contributed by atoms with Crippen LogP contribution in [0.3, 0.4) is 0 Å². The van der Waals surface area contributed by atoms with Gasteiger partial charge in [-0.3, -0.25) is 4.90 Å². The molecule has 0 saturated carbocycles. The quantitative estimate of drug-likeness (QED) is 0.849. The second kappa shape index (κ2) is 6.92. The Labute approximate surface area is 131 Å². The van der Waals surface area contributed by atoms with Crippen LogP contribution in [0.15, 0.2) is 34.9 Å². The van der Waals surface area contributed by atoms with E-state index in [1.807, 2.05) is 30.3 Å². The number of hydrogen-bond donors (Lipinski definition) is 0. The van der Waals surface area contributed by atoms with E-state index in [1.165, 1.54) is 13.0 Å². The van der Waals surface area contributed by atoms with Gasteiger partial charge in [0.05, 0.1) is 0 Å². The van der Waals surface area contributed by atoms with Crippen molar-refractivity contribution in [2.75, 3.05) is 37.6 Å². The van der Waals surface area contributed by atoms with Gasteiger partial charge in [0.15, 0.2) is 0 Å². The average molecular weight is 300 g/mol. The maximum Gasteiger partial charge on any atom is 0.324 e. The Kier molecular flexibility index (Phi) is 4.73. The van der Waals surface area contributed by atoms with Crippen molar-refractivity contribution in [3.05, 3.63) is 30.3 Å². The van der Waals surface area contributed by atoms with Crippen LogP contribution in [0, 0.1) is 5.92 Å². The van der Waals surface area contributed by atoms with E-state index >= 15 is 0 Å². The highest BCUT2D eigenvalue weighted by atomic mass is 16.5. The number of anilines is 1. The van der Waals surface area contributed by atoms with Gasteiger partial charge in [0.25, 0.3) is 0 Å². The van der Waals surface area contributed by atoms with Gasteiger partial charge in [0.2, 0.25) is 5.82 Å². The second-order valence-corrected chi connectivity index (χ2v) is 6.28. The third-order valence-electron chi connectivity index (χ3n) is 4.11. The molecule has 1 saturated heterocycles. The van der Waals surface area contributed by atoms with Crippen molar-refractivity contribution in [3.8, 4) is 11.4 Å². The van der Waals surface area contributed by atoms with Crippen molar-refractivity contribution in [1.82, 2.24) is 15.0 Å². The molecule has 1 aliphatic rings. The smallest absolute Gasteiger partial charge is 0.322 e. The second-order valence-electron chi connectivity index (χ2n) is 6.28. The predicted molar refractivity (Wildman–Crippen MR) is 87.8 cm³/mol. The van der Waals surface area contributed by atoms with Crippen LogP contribution >= 0.6 is 0 Å². The van der Waals surface area contributed by atoms with Crippen LogP contribution < -0.4 is 4.90 Å². The van der Waals surface area contributed by atoms with Crippen molar-refractivity contribution in [2.45, 2.75) is 20.3 Å². The molecule has 0 radical (unpaired) electrons. The molecular formula is C17H24N4O. The Morgan fingerprint density at radius 2 is 1.82 bits per heavy atom. The Morgan fingerprint density at radius 3 is 2.50 bits per heavy atom. The summed E-state index contributed by atoms with van der Waals surface area (Å²) in [6, 6.07) is 10.6. The third kappa shape index (κ3) is 3.65. The van der Waals surface area contributed by atoms with Gasteiger partial charge in [-0.15, -0.1) is 0 Å². The van der Waals surface area contributed by atoms with E-state index in [0.29, 0.717) is 11.8 Å². The molecule has 2 aromatic rings. The van der Waals surface area contributed by atoms with Gasteiger partial charge >= 0.3 is 6.01 Å². The number of piperazine rings is 1. The number of aromatic nitrogens is 2. The number of benzene rings is 1. The number of nitrogens with zero attached hydrogens (tertiary/aromatic N) is 4. The van der Waals surface area contributed by atoms with Crippen LogP contribution in [0.4, 0.5) is 6.01 Å². The van der Waals surface area contributed by atoms with Crippen LogP contribution in [0.25, 0.3) is 11.4 Å². The van der Waals surface area contributed by atoms with Gasteiger partial charge in [0.1, 0.15) is 0 Å². The highest BCUT2D eigenvalue weighted by molar-refractivity contribution is 5.55. The van der Waals surface area contributed by atoms with Gasteiger partial charge in [-0.1, -0.05) is 49.3 Å². The van der Waals surface area contributed by atoms with Crippen molar-refractivity contribution in [1.29, 1.82) is 0 Å². The Morgan fingerprint density at radius 1 is 1.09 bits per heavy atom. The molecule has 5 nitrogen and oxygen atoms in total. The highest BCUT2D eigenvalue weighted by Gasteiger charge is 2.21. The first kappa shape index (κ1) is 15.0. The summed E-state index contributed by atoms with van der Waals surface area (Å²) in [6.45, 7) is 9.78. The summed E-state index contributed by atoms with van der Waals surface area (Å²) in [5.74, 6) is 1.43. The van der Waals surface area contributed by atoms with Crippen molar-refractivity contribution in [2.24, 2.45) is 5.92 Å². The molecule has 118 valence electrons. The summed E-state index contributed by atoms with van der Waals surface area (Å²) in [7, 11) is 0. The summed E-state index contributed by atoms with van der Waals surface area (Å²) < 4.78 is 5.44. The Bertz CT molecular complexity index is 573. The van der Waals surface area contributed by atoms with Gasteiger partial charge in [-0.05, 0) is 18.9 Å². The fraction of sp³-hybridized carbons (Fsp3) is 0.529. The fourth-order valence-corrected chi connectivity index (χ4v) is 2.65. The molecule has 0 unspecified atom stereocenters. The SMILES string of the molecule is CC(C)CCN1CCN(c2nc(-c3ccccc3)no2)CC1. The number of hydrogen-bond acceptors (Lipinski definition) is 5. The molecule has 1 aromatic heterocycles. The van der Waals surface area contributed by atoms with Crippen molar-refractivity contribution >= 4 is 6.01 Å². The zero-order chi connectivity index (χ0) is 15.4. The Balaban J connectivity index is 1.57. The molecule has 0 atom stereocenters. The normalized spacial score (nSPS) is 16.4. The van der Waals surface area contributed by atoms with Crippen molar-refractivity contribution < 1.29 is 4.52 Å². The monoisotopic (exact) mass is 300 g/mol. The fourth-order valence-electron chi connectivity index (χ4n) is 2.65. The van der Waals surface area contributed by atoms with E-state index in [0.717, 1.165) is 37.7 Å². The molecule has 0 spiro atoms. The molecule has 0 amide bonds. The predicted octanol–water partition coefficient (Wildman–Crippen LogP) is 2.90. The number of rotatable bonds is 5. The van der Waals surface area contributed by atoms with E-state index in [4.69, 9.17) is 4.52 Å². The molecule has 2 heterocycles. The van der Waals surface area contributed by atoms with E-state index in [1.54, 1.807) is 0 Å². The minimum atomic E-state index is 0.641. The molecule has 0 N–H and O–H groups in total. The van der Waals surface area contributed by atoms with E-state index in [2.05, 4.69) is 33.8 Å². The van der Waals surface area contributed by atoms with Crippen LogP contribution in [0.5, 0.6) is 0 Å². The molecule has 1 fully saturated rings. The Hall–Kier alpha value is -1.88. The first-order chi connectivity index (χ1) is 10.7. The summed E-state index contributed by atoms with van der Waals surface area (Å²) in [4.78, 5) is 9.24. The maximum absolute atomic E-state index is 5.44. The first-order valence-electron chi connectivity index (χ1n) is 8.09. The molecule has 0 bridgehead atoms. The van der Waals surface area contributed by atoms with Crippen LogP contribution in [0.1, 0.15) is 20.3 Å². The van der Waals surface area contributed by atoms with Crippen LogP contribution in [0.2, 0.25) is 0 Å². The lowest BCUT2D eigenvalue weighted by Crippen LogP contribution is -2.46. The zero-order valence-corrected chi connectivity index (χ0v) is 13.4. The molecule has 1 aliphatic heterocycles. The summed E-state index contributed by atoms with van der Waals surface area (Å²) >= 11 is 0. The summed E-state index contributed by atoms with van der Waals surface area (Å²) in [5, 5.41) is 4.10. The van der Waals surface area contributed by atoms with E-state index in [-0.39, 0.29) is 0 Å².